The van der Waals surface area contributed by atoms with Crippen LogP contribution in [0.15, 0.2) is 72.7 Å². The van der Waals surface area contributed by atoms with Gasteiger partial charge in [0.25, 0.3) is 0 Å². The van der Waals surface area contributed by atoms with E-state index in [2.05, 4.69) is 17.1 Å². The van der Waals surface area contributed by atoms with Crippen molar-refractivity contribution in [2.45, 2.75) is 58.0 Å². The maximum Gasteiger partial charge on any atom is 0.206 e. The molecule has 256 valence electrons. The Morgan fingerprint density at radius 1 is 0.796 bits per heavy atom. The topological polar surface area (TPSA) is 181 Å². The Balaban J connectivity index is 1.20. The van der Waals surface area contributed by atoms with Gasteiger partial charge in [-0.15, -0.1) is 34.0 Å². The molecule has 0 bridgehead atoms. The van der Waals surface area contributed by atoms with Crippen molar-refractivity contribution in [3.8, 4) is 45.1 Å². The molecule has 6 N–H and O–H groups in total. The molecule has 1 fully saturated rings. The average Bonchev–Trinajstić information content (AvgIpc) is 3.83. The minimum atomic E-state index is -0.596. The van der Waals surface area contributed by atoms with Crippen LogP contribution in [0.3, 0.4) is 0 Å². The quantitative estimate of drug-likeness (QED) is 0.0769. The maximum absolute atomic E-state index is 10.3. The Bertz CT molecular complexity index is 2140. The smallest absolute Gasteiger partial charge is 0.206 e. The standard InChI is InChI=1S/C34H36N6O6S3/c1-19(37-33-40(25(18-49-33)28-7-4-12-47-28)36-16-23-9-11-27(42)32(46)30(23)44)13-21-5-3-6-24(14-21)38-34-39(20(2)17-48-34)35-15-22-8-10-26(41)31(45)29(22)43/h4,7-12,15-19,21,24,41-46H,3,5-6,13-14H2,1-2H3/b35-15+,36-16+,37-33?,38-34?. The van der Waals surface area contributed by atoms with Crippen LogP contribution in [0, 0.1) is 12.8 Å². The van der Waals surface area contributed by atoms with Crippen molar-refractivity contribution in [3.05, 3.63) is 79.0 Å². The second-order valence-corrected chi connectivity index (χ2v) is 14.5. The van der Waals surface area contributed by atoms with Crippen molar-refractivity contribution < 1.29 is 30.6 Å². The van der Waals surface area contributed by atoms with Crippen molar-refractivity contribution >= 4 is 46.4 Å². The molecule has 0 aliphatic heterocycles. The van der Waals surface area contributed by atoms with E-state index < -0.39 is 34.5 Å². The molecule has 6 rings (SSSR count). The van der Waals surface area contributed by atoms with Crippen LogP contribution in [0.1, 0.15) is 55.8 Å². The van der Waals surface area contributed by atoms with Gasteiger partial charge in [-0.3, -0.25) is 9.98 Å². The Morgan fingerprint density at radius 3 is 2.10 bits per heavy atom. The van der Waals surface area contributed by atoms with Crippen LogP contribution in [-0.4, -0.2) is 64.5 Å². The van der Waals surface area contributed by atoms with Gasteiger partial charge in [0.05, 0.1) is 40.8 Å². The summed E-state index contributed by atoms with van der Waals surface area (Å²) in [5.74, 6) is -2.47. The average molecular weight is 721 g/mol. The summed E-state index contributed by atoms with van der Waals surface area (Å²) in [6.07, 6.45) is 7.77. The summed E-state index contributed by atoms with van der Waals surface area (Å²) in [4.78, 5) is 12.6. The van der Waals surface area contributed by atoms with E-state index in [1.807, 2.05) is 35.2 Å². The monoisotopic (exact) mass is 720 g/mol. The SMILES string of the molecule is Cc1csc(=NC2CCCC(CC(C)N=c3scc(-c4cccs4)n3/N=C/c3ccc(O)c(O)c3O)C2)n1/N=C/c1ccc(O)c(O)c1O. The van der Waals surface area contributed by atoms with Gasteiger partial charge >= 0.3 is 0 Å². The predicted octanol–water partition coefficient (Wildman–Crippen LogP) is 6.29. The van der Waals surface area contributed by atoms with E-state index in [-0.39, 0.29) is 23.2 Å². The molecule has 3 unspecified atom stereocenters. The highest BCUT2D eigenvalue weighted by molar-refractivity contribution is 7.14. The van der Waals surface area contributed by atoms with Crippen molar-refractivity contribution in [2.24, 2.45) is 26.1 Å². The summed E-state index contributed by atoms with van der Waals surface area (Å²) >= 11 is 4.56. The minimum Gasteiger partial charge on any atom is -0.504 e. The van der Waals surface area contributed by atoms with Crippen LogP contribution in [-0.2, 0) is 0 Å². The van der Waals surface area contributed by atoms with E-state index in [9.17, 15) is 30.6 Å². The van der Waals surface area contributed by atoms with Gasteiger partial charge in [0.1, 0.15) is 0 Å². The second kappa shape index (κ2) is 14.7. The lowest BCUT2D eigenvalue weighted by atomic mass is 9.82. The molecule has 0 radical (unpaired) electrons. The number of aromatic hydroxyl groups is 6. The van der Waals surface area contributed by atoms with Crippen molar-refractivity contribution in [1.82, 2.24) is 9.35 Å². The zero-order chi connectivity index (χ0) is 34.7. The fourth-order valence-electron chi connectivity index (χ4n) is 5.80. The van der Waals surface area contributed by atoms with E-state index in [1.165, 1.54) is 59.4 Å². The van der Waals surface area contributed by atoms with Crippen LogP contribution in [0.2, 0.25) is 0 Å². The van der Waals surface area contributed by atoms with Gasteiger partial charge in [0.15, 0.2) is 23.0 Å². The number of aromatic nitrogens is 2. The van der Waals surface area contributed by atoms with Crippen molar-refractivity contribution in [1.29, 1.82) is 0 Å². The summed E-state index contributed by atoms with van der Waals surface area (Å²) in [6.45, 7) is 4.03. The number of thiophene rings is 1. The van der Waals surface area contributed by atoms with E-state index in [0.717, 1.165) is 53.2 Å². The molecule has 5 aromatic rings. The van der Waals surface area contributed by atoms with Gasteiger partial charge in [-0.05, 0) is 74.7 Å². The molecule has 15 heteroatoms. The summed E-state index contributed by atoms with van der Waals surface area (Å²) in [5.41, 5.74) is 2.27. The number of phenols is 6. The van der Waals surface area contributed by atoms with Crippen LogP contribution in [0.5, 0.6) is 34.5 Å². The molecule has 49 heavy (non-hydrogen) atoms. The van der Waals surface area contributed by atoms with Gasteiger partial charge in [-0.2, -0.15) is 10.2 Å². The number of hydrogen-bond donors (Lipinski definition) is 6. The predicted molar refractivity (Wildman–Crippen MR) is 192 cm³/mol. The molecule has 3 heterocycles. The number of thiazole rings is 2. The number of rotatable bonds is 9. The van der Waals surface area contributed by atoms with Crippen LogP contribution < -0.4 is 9.60 Å². The molecule has 1 aliphatic carbocycles. The van der Waals surface area contributed by atoms with Crippen molar-refractivity contribution in [3.63, 3.8) is 0 Å². The number of aryl methyl sites for hydroxylation is 1. The van der Waals surface area contributed by atoms with Crippen LogP contribution >= 0.6 is 34.0 Å². The Morgan fingerprint density at radius 2 is 1.45 bits per heavy atom. The first kappa shape index (κ1) is 34.0. The van der Waals surface area contributed by atoms with Gasteiger partial charge in [0.2, 0.25) is 21.1 Å². The maximum atomic E-state index is 10.3. The number of nitrogens with zero attached hydrogens (tertiary/aromatic N) is 6. The zero-order valence-electron chi connectivity index (χ0n) is 26.7. The van der Waals surface area contributed by atoms with E-state index in [0.29, 0.717) is 10.7 Å². The van der Waals surface area contributed by atoms with E-state index in [4.69, 9.17) is 9.98 Å². The molecule has 2 aromatic carbocycles. The molecule has 1 aliphatic rings. The first-order valence-corrected chi connectivity index (χ1v) is 18.3. The Kier molecular flexibility index (Phi) is 10.2. The summed E-state index contributed by atoms with van der Waals surface area (Å²) in [6, 6.07) is 9.65. The number of hydrogen-bond acceptors (Lipinski definition) is 13. The highest BCUT2D eigenvalue weighted by Crippen LogP contribution is 2.37. The third kappa shape index (κ3) is 7.58. The fourth-order valence-corrected chi connectivity index (χ4v) is 8.41. The van der Waals surface area contributed by atoms with E-state index in [1.54, 1.807) is 20.7 Å². The van der Waals surface area contributed by atoms with Crippen molar-refractivity contribution in [2.75, 3.05) is 0 Å². The molecule has 1 saturated carbocycles. The van der Waals surface area contributed by atoms with Crippen LogP contribution in [0.4, 0.5) is 0 Å². The molecule has 3 atom stereocenters. The summed E-state index contributed by atoms with van der Waals surface area (Å²) < 4.78 is 3.46. The molecule has 0 amide bonds. The lowest BCUT2D eigenvalue weighted by Crippen LogP contribution is -2.25. The Labute approximate surface area is 293 Å². The molecular formula is C34H36N6O6S3. The molecule has 0 spiro atoms. The van der Waals surface area contributed by atoms with Gasteiger partial charge in [0, 0.05) is 21.9 Å². The second-order valence-electron chi connectivity index (χ2n) is 11.9. The number of phenolic OH excluding ortho intramolecular Hbond substituents is 6. The lowest BCUT2D eigenvalue weighted by Gasteiger charge is -2.27. The third-order valence-corrected chi connectivity index (χ3v) is 11.0. The third-order valence-electron chi connectivity index (χ3n) is 8.31. The van der Waals surface area contributed by atoms with Gasteiger partial charge in [-0.25, -0.2) is 9.35 Å². The highest BCUT2D eigenvalue weighted by Gasteiger charge is 2.24. The van der Waals surface area contributed by atoms with Gasteiger partial charge < -0.3 is 30.6 Å². The van der Waals surface area contributed by atoms with Crippen LogP contribution in [0.25, 0.3) is 10.6 Å². The molecule has 3 aromatic heterocycles. The highest BCUT2D eigenvalue weighted by atomic mass is 32.1. The summed E-state index contributed by atoms with van der Waals surface area (Å²) in [5, 5.41) is 74.8. The molecular weight excluding hydrogens is 685 g/mol. The largest absolute Gasteiger partial charge is 0.504 e. The van der Waals surface area contributed by atoms with Gasteiger partial charge in [-0.1, -0.05) is 18.9 Å². The Hall–Kier alpha value is -4.86. The molecule has 12 nitrogen and oxygen atoms in total. The normalized spacial score (nSPS) is 18.2. The lowest BCUT2D eigenvalue weighted by molar-refractivity contribution is 0.291. The summed E-state index contributed by atoms with van der Waals surface area (Å²) in [7, 11) is 0. The number of benzene rings is 2. The fraction of sp³-hybridized carbons (Fsp3) is 0.294. The molecule has 0 saturated heterocycles. The first-order valence-electron chi connectivity index (χ1n) is 15.6. The first-order chi connectivity index (χ1) is 23.6. The minimum absolute atomic E-state index is 0.000855. The van der Waals surface area contributed by atoms with E-state index >= 15 is 0 Å². The zero-order valence-corrected chi connectivity index (χ0v) is 29.2.